The second-order valence-corrected chi connectivity index (χ2v) is 9.99. The van der Waals surface area contributed by atoms with Crippen LogP contribution in [0.25, 0.3) is 0 Å². The predicted octanol–water partition coefficient (Wildman–Crippen LogP) is 1.57. The topological polar surface area (TPSA) is 110 Å². The van der Waals surface area contributed by atoms with Gasteiger partial charge >= 0.3 is 0 Å². The molecule has 0 radical (unpaired) electrons. The summed E-state index contributed by atoms with van der Waals surface area (Å²) in [6, 6.07) is -1.23. The summed E-state index contributed by atoms with van der Waals surface area (Å²) in [7, 11) is 0. The number of nitrogens with one attached hydrogen (secondary N) is 1. The summed E-state index contributed by atoms with van der Waals surface area (Å²) in [5.74, 6) is -2.82. The Kier molecular flexibility index (Phi) is 6.49. The molecule has 4 aliphatic rings. The minimum atomic E-state index is -1.91. The van der Waals surface area contributed by atoms with E-state index in [4.69, 9.17) is 0 Å². The Morgan fingerprint density at radius 2 is 1.88 bits per heavy atom. The maximum Gasteiger partial charge on any atom is 0.237 e. The van der Waals surface area contributed by atoms with Crippen molar-refractivity contribution in [3.05, 3.63) is 12.2 Å². The van der Waals surface area contributed by atoms with Gasteiger partial charge in [0.25, 0.3) is 0 Å². The third-order valence-corrected chi connectivity index (χ3v) is 8.62. The lowest BCUT2D eigenvalue weighted by molar-refractivity contribution is -0.165. The Hall–Kier alpha value is -1.77. The van der Waals surface area contributed by atoms with Crippen LogP contribution >= 0.6 is 0 Å². The van der Waals surface area contributed by atoms with Gasteiger partial charge in [-0.2, -0.15) is 5.48 Å². The van der Waals surface area contributed by atoms with Gasteiger partial charge in [0.05, 0.1) is 12.0 Å². The summed E-state index contributed by atoms with van der Waals surface area (Å²) in [4.78, 5) is 43.4. The van der Waals surface area contributed by atoms with Crippen LogP contribution in [0.5, 0.6) is 0 Å². The number of ketones is 1. The van der Waals surface area contributed by atoms with Crippen molar-refractivity contribution in [1.29, 1.82) is 0 Å². The first-order chi connectivity index (χ1) is 15.3. The van der Waals surface area contributed by atoms with E-state index in [1.165, 1.54) is 4.90 Å². The van der Waals surface area contributed by atoms with E-state index in [0.717, 1.165) is 25.7 Å². The van der Waals surface area contributed by atoms with E-state index in [9.17, 15) is 24.7 Å². The number of allylic oxidation sites excluding steroid dienone is 2. The molecule has 178 valence electrons. The van der Waals surface area contributed by atoms with Crippen LogP contribution < -0.4 is 5.48 Å². The number of fused-ring (bicyclic) bond motifs is 2. The van der Waals surface area contributed by atoms with Crippen LogP contribution in [-0.2, 0) is 14.4 Å². The number of rotatable bonds is 6. The molecule has 4 rings (SSSR count). The van der Waals surface area contributed by atoms with Crippen LogP contribution in [0, 0.1) is 35.5 Å². The van der Waals surface area contributed by atoms with Gasteiger partial charge in [0.15, 0.2) is 11.5 Å². The van der Waals surface area contributed by atoms with E-state index in [2.05, 4.69) is 17.6 Å². The number of nitrogens with zero attached hydrogens (tertiary/aromatic N) is 2. The quantitative estimate of drug-likeness (QED) is 0.324. The maximum absolute atomic E-state index is 13.9. The Morgan fingerprint density at radius 3 is 2.53 bits per heavy atom. The van der Waals surface area contributed by atoms with Gasteiger partial charge < -0.3 is 20.1 Å². The van der Waals surface area contributed by atoms with Gasteiger partial charge in [0, 0.05) is 25.6 Å². The summed E-state index contributed by atoms with van der Waals surface area (Å²) >= 11 is 0. The predicted molar refractivity (Wildman–Crippen MR) is 117 cm³/mol. The molecule has 0 aromatic carbocycles. The number of amides is 2. The lowest BCUT2D eigenvalue weighted by atomic mass is 9.62. The third-order valence-electron chi connectivity index (χ3n) is 8.62. The molecule has 0 spiro atoms. The fraction of sp³-hybridized carbons (Fsp3) is 0.792. The number of aliphatic hydroxyl groups is 1. The summed E-state index contributed by atoms with van der Waals surface area (Å²) in [5, 5.41) is 21.8. The van der Waals surface area contributed by atoms with Crippen molar-refractivity contribution < 1.29 is 24.7 Å². The Morgan fingerprint density at radius 1 is 1.19 bits per heavy atom. The molecule has 3 N–H and O–H groups in total. The van der Waals surface area contributed by atoms with Crippen LogP contribution in [0.1, 0.15) is 52.9 Å². The zero-order valence-electron chi connectivity index (χ0n) is 19.4. The van der Waals surface area contributed by atoms with E-state index in [-0.39, 0.29) is 36.0 Å². The molecule has 2 heterocycles. The minimum absolute atomic E-state index is 0.00724. The molecule has 2 amide bonds. The van der Waals surface area contributed by atoms with Crippen molar-refractivity contribution in [3.8, 4) is 0 Å². The van der Waals surface area contributed by atoms with Crippen LogP contribution in [0.4, 0.5) is 0 Å². The Labute approximate surface area is 190 Å². The molecule has 0 bridgehead atoms. The lowest BCUT2D eigenvalue weighted by Gasteiger charge is -2.42. The molecule has 1 unspecified atom stereocenters. The summed E-state index contributed by atoms with van der Waals surface area (Å²) in [6.45, 7) is 6.92. The number of hydrogen-bond acceptors (Lipinski definition) is 6. The second-order valence-electron chi connectivity index (χ2n) is 9.99. The van der Waals surface area contributed by atoms with E-state index < -0.39 is 29.5 Å². The molecular weight excluding hydrogens is 410 g/mol. The second kappa shape index (κ2) is 8.88. The first-order valence-corrected chi connectivity index (χ1v) is 12.2. The van der Waals surface area contributed by atoms with Crippen LogP contribution in [0.15, 0.2) is 12.2 Å². The summed E-state index contributed by atoms with van der Waals surface area (Å²) in [6.07, 6.45) is 8.83. The Balaban J connectivity index is 1.66. The standard InChI is InChI=1S/C24H37N3O5/c1-4-26(5-2)22(29)17-12-13-27-23(30)19(21(25-32)24(17,27)31)20(28)18-14(3)10-11-15-8-6-7-9-16(15)18/h10-11,14-19,21,25,31-32H,4-9,12-13H2,1-3H3/t14-,15+,16-,17-,18?,19-,21+,24+/m0/s1. The highest BCUT2D eigenvalue weighted by atomic mass is 16.5. The molecule has 32 heavy (non-hydrogen) atoms. The smallest absolute Gasteiger partial charge is 0.237 e. The fourth-order valence-corrected chi connectivity index (χ4v) is 6.96. The van der Waals surface area contributed by atoms with Gasteiger partial charge in [-0.25, -0.2) is 0 Å². The van der Waals surface area contributed by atoms with E-state index in [1.54, 1.807) is 4.90 Å². The average molecular weight is 448 g/mol. The van der Waals surface area contributed by atoms with Crippen LogP contribution in [0.2, 0.25) is 0 Å². The zero-order valence-corrected chi connectivity index (χ0v) is 19.4. The van der Waals surface area contributed by atoms with Crippen molar-refractivity contribution in [1.82, 2.24) is 15.3 Å². The third kappa shape index (κ3) is 3.33. The highest BCUT2D eigenvalue weighted by Gasteiger charge is 2.68. The highest BCUT2D eigenvalue weighted by molar-refractivity contribution is 6.06. The molecule has 8 heteroatoms. The highest BCUT2D eigenvalue weighted by Crippen LogP contribution is 2.49. The molecule has 8 atom stereocenters. The minimum Gasteiger partial charge on any atom is -0.368 e. The van der Waals surface area contributed by atoms with Gasteiger partial charge in [-0.05, 0) is 50.9 Å². The van der Waals surface area contributed by atoms with Crippen molar-refractivity contribution in [2.75, 3.05) is 19.6 Å². The normalized spacial score (nSPS) is 40.8. The summed E-state index contributed by atoms with van der Waals surface area (Å²) < 4.78 is 0. The van der Waals surface area contributed by atoms with E-state index in [0.29, 0.717) is 25.4 Å². The van der Waals surface area contributed by atoms with Crippen molar-refractivity contribution in [2.45, 2.75) is 64.6 Å². The number of Topliss-reactive ketones (excluding diaryl/α,β-unsaturated/α-hetero) is 1. The SMILES string of the molecule is CCN(CC)C(=O)[C@@H]1CCN2C(=O)[C@@H](C(=O)C3[C@H]4CCCC[C@@H]4C=C[C@@H]3C)[C@@H](NO)[C@]12O. The molecule has 2 saturated heterocycles. The molecule has 0 aromatic heterocycles. The first kappa shape index (κ1) is 23.4. The van der Waals surface area contributed by atoms with Crippen LogP contribution in [0.3, 0.4) is 0 Å². The molecule has 0 aromatic rings. The number of carbonyl (C=O) groups excluding carboxylic acids is 3. The number of hydrogen-bond donors (Lipinski definition) is 3. The molecule has 2 aliphatic carbocycles. The van der Waals surface area contributed by atoms with Crippen molar-refractivity contribution >= 4 is 17.6 Å². The van der Waals surface area contributed by atoms with Gasteiger partial charge in [0.1, 0.15) is 5.92 Å². The number of hydroxylamine groups is 1. The van der Waals surface area contributed by atoms with Gasteiger partial charge in [-0.15, -0.1) is 0 Å². The molecule has 8 nitrogen and oxygen atoms in total. The van der Waals surface area contributed by atoms with E-state index in [1.807, 2.05) is 20.8 Å². The zero-order chi connectivity index (χ0) is 23.2. The van der Waals surface area contributed by atoms with Crippen molar-refractivity contribution in [3.63, 3.8) is 0 Å². The van der Waals surface area contributed by atoms with Crippen LogP contribution in [-0.4, -0.2) is 69.1 Å². The maximum atomic E-state index is 13.9. The first-order valence-electron chi connectivity index (χ1n) is 12.2. The monoisotopic (exact) mass is 447 g/mol. The molecule has 3 fully saturated rings. The van der Waals surface area contributed by atoms with Crippen molar-refractivity contribution in [2.24, 2.45) is 35.5 Å². The van der Waals surface area contributed by atoms with Gasteiger partial charge in [-0.3, -0.25) is 14.4 Å². The fourth-order valence-electron chi connectivity index (χ4n) is 6.96. The average Bonchev–Trinajstić information content (AvgIpc) is 3.24. The molecular formula is C24H37N3O5. The van der Waals surface area contributed by atoms with Gasteiger partial charge in [-0.1, -0.05) is 31.9 Å². The van der Waals surface area contributed by atoms with E-state index >= 15 is 0 Å². The summed E-state index contributed by atoms with van der Waals surface area (Å²) in [5.41, 5.74) is 0.190. The lowest BCUT2D eigenvalue weighted by Crippen LogP contribution is -2.60. The molecule has 2 aliphatic heterocycles. The van der Waals surface area contributed by atoms with Gasteiger partial charge in [0.2, 0.25) is 11.8 Å². The Bertz CT molecular complexity index is 797. The largest absolute Gasteiger partial charge is 0.368 e. The number of carbonyl (C=O) groups is 3. The molecule has 1 saturated carbocycles.